The van der Waals surface area contributed by atoms with Crippen molar-refractivity contribution in [3.63, 3.8) is 0 Å². The Hall–Kier alpha value is -3.60. The van der Waals surface area contributed by atoms with Crippen LogP contribution in [-0.2, 0) is 30.2 Å². The number of aryl methyl sites for hydroxylation is 1. The molecule has 0 spiro atoms. The highest BCUT2D eigenvalue weighted by Crippen LogP contribution is 2.24. The fraction of sp³-hybridized carbons (Fsp3) is 0.406. The molecule has 0 bridgehead atoms. The summed E-state index contributed by atoms with van der Waals surface area (Å²) in [7, 11) is 2.81. The van der Waals surface area contributed by atoms with Crippen LogP contribution >= 0.6 is 33.9 Å². The average Bonchev–Trinajstić information content (AvgIpc) is 3.47. The van der Waals surface area contributed by atoms with Crippen LogP contribution in [0, 0.1) is 6.92 Å². The molecule has 0 saturated carbocycles. The van der Waals surface area contributed by atoms with E-state index < -0.39 is 47.6 Å². The molecule has 3 rings (SSSR count). The largest absolute Gasteiger partial charge is 0.514 e. The minimum absolute atomic E-state index is 0.127. The molecule has 14 heteroatoms. The van der Waals surface area contributed by atoms with Crippen molar-refractivity contribution in [2.45, 2.75) is 50.4 Å². The van der Waals surface area contributed by atoms with Crippen molar-refractivity contribution in [1.29, 1.82) is 0 Å². The van der Waals surface area contributed by atoms with Crippen LogP contribution < -0.4 is 20.7 Å². The summed E-state index contributed by atoms with van der Waals surface area (Å²) in [6, 6.07) is 15.4. The van der Waals surface area contributed by atoms with Crippen LogP contribution in [0.5, 0.6) is 5.75 Å². The van der Waals surface area contributed by atoms with Gasteiger partial charge in [-0.15, -0.1) is 11.3 Å². The number of ether oxygens (including phenoxy) is 4. The molecule has 12 nitrogen and oxygen atoms in total. The fourth-order valence-electron chi connectivity index (χ4n) is 4.49. The van der Waals surface area contributed by atoms with Gasteiger partial charge in [-0.25, -0.2) is 9.78 Å². The van der Waals surface area contributed by atoms with E-state index in [1.54, 1.807) is 44.2 Å². The van der Waals surface area contributed by atoms with Crippen molar-refractivity contribution in [2.24, 2.45) is 0 Å². The molecule has 0 radical (unpaired) electrons. The van der Waals surface area contributed by atoms with Crippen LogP contribution in [-0.4, -0.2) is 84.4 Å². The van der Waals surface area contributed by atoms with Gasteiger partial charge in [0.15, 0.2) is 0 Å². The first-order chi connectivity index (χ1) is 22.1. The second kappa shape index (κ2) is 18.5. The molecule has 3 amide bonds. The number of hydrogen-bond acceptors (Lipinski definition) is 10. The van der Waals surface area contributed by atoms with Gasteiger partial charge >= 0.3 is 6.16 Å². The van der Waals surface area contributed by atoms with Gasteiger partial charge in [0.2, 0.25) is 11.8 Å². The molecular formula is C32H39IN4O8S. The number of para-hydroxylation sites is 1. The molecule has 0 aliphatic heterocycles. The van der Waals surface area contributed by atoms with E-state index in [1.165, 1.54) is 31.8 Å². The topological polar surface area (TPSA) is 154 Å². The number of rotatable bonds is 17. The lowest BCUT2D eigenvalue weighted by Crippen LogP contribution is -2.58. The molecule has 4 atom stereocenters. The van der Waals surface area contributed by atoms with Crippen molar-refractivity contribution in [3.8, 4) is 5.75 Å². The lowest BCUT2D eigenvalue weighted by Gasteiger charge is -2.32. The molecule has 0 aliphatic carbocycles. The molecule has 248 valence electrons. The Labute approximate surface area is 286 Å². The lowest BCUT2D eigenvalue weighted by atomic mass is 9.93. The maximum absolute atomic E-state index is 13.7. The second-order valence-corrected chi connectivity index (χ2v) is 12.7. The van der Waals surface area contributed by atoms with Crippen LogP contribution in [0.15, 0.2) is 66.9 Å². The standard InChI is InChI=1S/C32H39IN4O8S/c1-21-34-17-27(46-21)30(40)37-26(19-43-4)29(39)36-25(18-42-3)28(38)35-23(15-22-11-7-5-8-12-22)16-32(2,20-33)45-31(41)44-24-13-9-6-10-14-24/h5-14,17,23,25-26H,15-16,18-20H2,1-4H3,(H,35,38)(H,36,39)(H,37,40)/t23-,25-,26-,32-/m0/s1. The number of amides is 3. The quantitative estimate of drug-likeness (QED) is 0.0805. The molecule has 0 saturated heterocycles. The van der Waals surface area contributed by atoms with Crippen LogP contribution in [0.1, 0.15) is 33.6 Å². The van der Waals surface area contributed by atoms with E-state index in [2.05, 4.69) is 43.5 Å². The lowest BCUT2D eigenvalue weighted by molar-refractivity contribution is -0.132. The number of aromatic nitrogens is 1. The number of hydrogen-bond donors (Lipinski definition) is 3. The van der Waals surface area contributed by atoms with Gasteiger partial charge in [0.05, 0.1) is 24.4 Å². The molecule has 1 aromatic heterocycles. The zero-order valence-corrected chi connectivity index (χ0v) is 29.1. The first-order valence-electron chi connectivity index (χ1n) is 14.4. The number of nitrogens with one attached hydrogen (secondary N) is 3. The normalized spacial score (nSPS) is 14.2. The van der Waals surface area contributed by atoms with E-state index in [-0.39, 0.29) is 19.6 Å². The number of halogens is 1. The second-order valence-electron chi connectivity index (χ2n) is 10.7. The molecule has 2 aromatic carbocycles. The van der Waals surface area contributed by atoms with Crippen LogP contribution in [0.4, 0.5) is 4.79 Å². The number of benzene rings is 2. The minimum atomic E-state index is -1.10. The monoisotopic (exact) mass is 766 g/mol. The number of alkyl halides is 1. The highest BCUT2D eigenvalue weighted by Gasteiger charge is 2.35. The molecule has 0 aliphatic rings. The SMILES string of the molecule is COC[C@H](NC(=O)c1cnc(C)s1)C(=O)N[C@@H](COC)C(=O)N[C@@H](Cc1ccccc1)C[C@@](C)(CI)OC(=O)Oc1ccccc1. The third-order valence-electron chi connectivity index (χ3n) is 6.67. The number of carbonyl (C=O) groups is 4. The van der Waals surface area contributed by atoms with Crippen molar-refractivity contribution >= 4 is 57.8 Å². The summed E-state index contributed by atoms with van der Waals surface area (Å²) in [5.74, 6) is -1.28. The van der Waals surface area contributed by atoms with Gasteiger partial charge in [-0.05, 0) is 38.0 Å². The van der Waals surface area contributed by atoms with E-state index in [9.17, 15) is 19.2 Å². The Kier molecular flexibility index (Phi) is 14.8. The number of carbonyl (C=O) groups excluding carboxylic acids is 4. The first kappa shape index (κ1) is 36.9. The summed E-state index contributed by atoms with van der Waals surface area (Å²) < 4.78 is 22.0. The summed E-state index contributed by atoms with van der Waals surface area (Å²) in [6.07, 6.45) is 1.23. The van der Waals surface area contributed by atoms with Crippen molar-refractivity contribution in [3.05, 3.63) is 82.3 Å². The van der Waals surface area contributed by atoms with E-state index >= 15 is 0 Å². The number of methoxy groups -OCH3 is 2. The van der Waals surface area contributed by atoms with E-state index in [4.69, 9.17) is 18.9 Å². The highest BCUT2D eigenvalue weighted by molar-refractivity contribution is 14.1. The van der Waals surface area contributed by atoms with Crippen molar-refractivity contribution in [2.75, 3.05) is 31.9 Å². The maximum atomic E-state index is 13.7. The zero-order valence-electron chi connectivity index (χ0n) is 26.1. The Bertz CT molecular complexity index is 1430. The van der Waals surface area contributed by atoms with Gasteiger partial charge in [-0.3, -0.25) is 14.4 Å². The summed E-state index contributed by atoms with van der Waals surface area (Å²) in [6.45, 7) is 3.27. The zero-order chi connectivity index (χ0) is 33.5. The molecular weight excluding hydrogens is 727 g/mol. The van der Waals surface area contributed by atoms with Crippen molar-refractivity contribution < 1.29 is 38.1 Å². The summed E-state index contributed by atoms with van der Waals surface area (Å²) in [4.78, 5) is 56.8. The van der Waals surface area contributed by atoms with Crippen molar-refractivity contribution in [1.82, 2.24) is 20.9 Å². The van der Waals surface area contributed by atoms with Gasteiger partial charge in [-0.1, -0.05) is 71.1 Å². The molecule has 46 heavy (non-hydrogen) atoms. The third kappa shape index (κ3) is 12.0. The van der Waals surface area contributed by atoms with Gasteiger partial charge in [-0.2, -0.15) is 0 Å². The summed E-state index contributed by atoms with van der Waals surface area (Å²) >= 11 is 3.32. The Morgan fingerprint density at radius 2 is 1.48 bits per heavy atom. The predicted molar refractivity (Wildman–Crippen MR) is 181 cm³/mol. The Balaban J connectivity index is 1.74. The van der Waals surface area contributed by atoms with Gasteiger partial charge in [0.25, 0.3) is 5.91 Å². The summed E-state index contributed by atoms with van der Waals surface area (Å²) in [5, 5.41) is 9.04. The summed E-state index contributed by atoms with van der Waals surface area (Å²) in [5.41, 5.74) is -0.0638. The van der Waals surface area contributed by atoms with E-state index in [0.717, 1.165) is 5.56 Å². The van der Waals surface area contributed by atoms with Crippen LogP contribution in [0.2, 0.25) is 0 Å². The first-order valence-corrected chi connectivity index (χ1v) is 16.8. The number of thiazole rings is 1. The highest BCUT2D eigenvalue weighted by atomic mass is 127. The minimum Gasteiger partial charge on any atom is -0.427 e. The fourth-order valence-corrected chi connectivity index (χ4v) is 5.64. The van der Waals surface area contributed by atoms with Crippen LogP contribution in [0.3, 0.4) is 0 Å². The molecule has 3 aromatic rings. The molecule has 3 N–H and O–H groups in total. The van der Waals surface area contributed by atoms with Crippen LogP contribution in [0.25, 0.3) is 0 Å². The van der Waals surface area contributed by atoms with Gasteiger partial charge < -0.3 is 34.9 Å². The van der Waals surface area contributed by atoms with Gasteiger partial charge in [0, 0.05) is 31.1 Å². The Morgan fingerprint density at radius 1 is 0.891 bits per heavy atom. The molecule has 1 heterocycles. The average molecular weight is 767 g/mol. The van der Waals surface area contributed by atoms with Gasteiger partial charge in [0.1, 0.15) is 28.3 Å². The molecule has 0 unspecified atom stereocenters. The van der Waals surface area contributed by atoms with E-state index in [0.29, 0.717) is 26.5 Å². The van der Waals surface area contributed by atoms with E-state index in [1.807, 2.05) is 30.3 Å². The smallest absolute Gasteiger partial charge is 0.427 e. The maximum Gasteiger partial charge on any atom is 0.514 e. The molecule has 0 fully saturated rings. The predicted octanol–water partition coefficient (Wildman–Crippen LogP) is 3.85. The number of nitrogens with zero attached hydrogens (tertiary/aromatic N) is 1. The Morgan fingerprint density at radius 3 is 2.04 bits per heavy atom. The third-order valence-corrected chi connectivity index (χ3v) is 9.20.